The number of nitrogens with zero attached hydrogens (tertiary/aromatic N) is 2. The maximum absolute atomic E-state index is 11.9. The zero-order valence-corrected chi connectivity index (χ0v) is 9.49. The van der Waals surface area contributed by atoms with Crippen LogP contribution in [0.3, 0.4) is 0 Å². The van der Waals surface area contributed by atoms with Crippen LogP contribution < -0.4 is 5.32 Å². The highest BCUT2D eigenvalue weighted by molar-refractivity contribution is 7.11. The number of rotatable bonds is 2. The Bertz CT molecular complexity index is 484. The first-order valence-electron chi connectivity index (χ1n) is 4.82. The highest BCUT2D eigenvalue weighted by Crippen LogP contribution is 2.13. The number of aromatic carboxylic acids is 1. The summed E-state index contributed by atoms with van der Waals surface area (Å²) < 4.78 is 0. The third kappa shape index (κ3) is 2.41. The summed E-state index contributed by atoms with van der Waals surface area (Å²) in [7, 11) is 0. The Balaban J connectivity index is 2.13. The van der Waals surface area contributed by atoms with Gasteiger partial charge in [0.25, 0.3) is 5.91 Å². The van der Waals surface area contributed by atoms with E-state index < -0.39 is 11.9 Å². The van der Waals surface area contributed by atoms with Gasteiger partial charge >= 0.3 is 5.97 Å². The largest absolute Gasteiger partial charge is 0.476 e. The lowest BCUT2D eigenvalue weighted by molar-refractivity contribution is -0.123. The van der Waals surface area contributed by atoms with E-state index >= 15 is 0 Å². The van der Waals surface area contributed by atoms with Crippen molar-refractivity contribution in [2.24, 2.45) is 0 Å². The predicted molar refractivity (Wildman–Crippen MR) is 58.0 cm³/mol. The van der Waals surface area contributed by atoms with E-state index in [4.69, 9.17) is 5.11 Å². The topological polar surface area (TPSA) is 99.6 Å². The van der Waals surface area contributed by atoms with Crippen LogP contribution in [0.4, 0.5) is 0 Å². The fraction of sp³-hybridized carbons (Fsp3) is 0.333. The van der Waals surface area contributed by atoms with Crippen molar-refractivity contribution in [3.05, 3.63) is 16.1 Å². The van der Waals surface area contributed by atoms with Crippen LogP contribution in [0, 0.1) is 0 Å². The number of carboxylic acids is 1. The quantitative estimate of drug-likeness (QED) is 0.736. The van der Waals surface area contributed by atoms with Gasteiger partial charge in [0, 0.05) is 18.5 Å². The van der Waals surface area contributed by atoms with Gasteiger partial charge < -0.3 is 15.3 Å². The van der Waals surface area contributed by atoms with Crippen LogP contribution in [0.2, 0.25) is 0 Å². The Hall–Kier alpha value is -1.96. The molecule has 1 aromatic heterocycles. The zero-order valence-electron chi connectivity index (χ0n) is 8.67. The van der Waals surface area contributed by atoms with Crippen molar-refractivity contribution in [3.63, 3.8) is 0 Å². The van der Waals surface area contributed by atoms with E-state index in [1.165, 1.54) is 10.3 Å². The standard InChI is InChI=1S/C9H9N3O4S/c13-6-3-12(2-1-10-6)8(14)7-11-5(4-17-7)9(15)16/h4H,1-3H2,(H,10,13)(H,15,16). The van der Waals surface area contributed by atoms with Gasteiger partial charge in [0.2, 0.25) is 5.91 Å². The number of hydrogen-bond acceptors (Lipinski definition) is 5. The molecule has 0 spiro atoms. The summed E-state index contributed by atoms with van der Waals surface area (Å²) in [5.74, 6) is -1.80. The zero-order chi connectivity index (χ0) is 12.4. The molecule has 1 aliphatic heterocycles. The van der Waals surface area contributed by atoms with Crippen LogP contribution >= 0.6 is 11.3 Å². The van der Waals surface area contributed by atoms with Gasteiger partial charge in [0.05, 0.1) is 6.54 Å². The predicted octanol–water partition coefficient (Wildman–Crippen LogP) is -0.587. The van der Waals surface area contributed by atoms with E-state index in [-0.39, 0.29) is 23.2 Å². The van der Waals surface area contributed by atoms with Gasteiger partial charge in [-0.25, -0.2) is 9.78 Å². The SMILES string of the molecule is O=C1CN(C(=O)c2nc(C(=O)O)cs2)CCN1. The summed E-state index contributed by atoms with van der Waals surface area (Å²) in [6.07, 6.45) is 0. The van der Waals surface area contributed by atoms with Gasteiger partial charge in [-0.05, 0) is 0 Å². The van der Waals surface area contributed by atoms with Crippen LogP contribution in [-0.4, -0.2) is 52.4 Å². The Labute approximate surface area is 100 Å². The molecule has 90 valence electrons. The number of carbonyl (C=O) groups excluding carboxylic acids is 2. The van der Waals surface area contributed by atoms with Crippen molar-refractivity contribution in [2.45, 2.75) is 0 Å². The van der Waals surface area contributed by atoms with Crippen LogP contribution in [0.15, 0.2) is 5.38 Å². The van der Waals surface area contributed by atoms with E-state index in [1.807, 2.05) is 0 Å². The van der Waals surface area contributed by atoms with Crippen molar-refractivity contribution in [1.82, 2.24) is 15.2 Å². The molecule has 1 fully saturated rings. The molecular formula is C9H9N3O4S. The van der Waals surface area contributed by atoms with Crippen molar-refractivity contribution in [3.8, 4) is 0 Å². The first-order chi connectivity index (χ1) is 8.08. The highest BCUT2D eigenvalue weighted by Gasteiger charge is 2.25. The molecule has 0 radical (unpaired) electrons. The molecular weight excluding hydrogens is 246 g/mol. The second-order valence-corrected chi connectivity index (χ2v) is 4.28. The van der Waals surface area contributed by atoms with E-state index in [0.717, 1.165) is 11.3 Å². The number of amides is 2. The smallest absolute Gasteiger partial charge is 0.355 e. The minimum absolute atomic E-state index is 0.0131. The van der Waals surface area contributed by atoms with Gasteiger partial charge in [-0.3, -0.25) is 9.59 Å². The molecule has 8 heteroatoms. The van der Waals surface area contributed by atoms with Gasteiger partial charge in [-0.15, -0.1) is 11.3 Å². The minimum atomic E-state index is -1.17. The lowest BCUT2D eigenvalue weighted by atomic mass is 10.3. The molecule has 0 aromatic carbocycles. The Morgan fingerprint density at radius 2 is 2.29 bits per heavy atom. The number of piperazine rings is 1. The maximum atomic E-state index is 11.9. The molecule has 0 aliphatic carbocycles. The molecule has 2 heterocycles. The third-order valence-electron chi connectivity index (χ3n) is 2.23. The Kier molecular flexibility index (Phi) is 3.05. The van der Waals surface area contributed by atoms with Crippen molar-refractivity contribution >= 4 is 29.1 Å². The second kappa shape index (κ2) is 4.50. The number of nitrogens with one attached hydrogen (secondary N) is 1. The third-order valence-corrected chi connectivity index (χ3v) is 3.06. The van der Waals surface area contributed by atoms with Gasteiger partial charge in [0.15, 0.2) is 10.7 Å². The molecule has 2 amide bonds. The maximum Gasteiger partial charge on any atom is 0.355 e. The summed E-state index contributed by atoms with van der Waals surface area (Å²) in [5.41, 5.74) is -0.153. The lowest BCUT2D eigenvalue weighted by Crippen LogP contribution is -2.49. The highest BCUT2D eigenvalue weighted by atomic mass is 32.1. The first-order valence-corrected chi connectivity index (χ1v) is 5.70. The van der Waals surface area contributed by atoms with Crippen LogP contribution in [0.1, 0.15) is 20.3 Å². The van der Waals surface area contributed by atoms with Crippen molar-refractivity contribution in [2.75, 3.05) is 19.6 Å². The van der Waals surface area contributed by atoms with Gasteiger partial charge in [-0.1, -0.05) is 0 Å². The summed E-state index contributed by atoms with van der Waals surface area (Å²) in [4.78, 5) is 38.7. The number of aromatic nitrogens is 1. The molecule has 2 rings (SSSR count). The van der Waals surface area contributed by atoms with Crippen LogP contribution in [0.5, 0.6) is 0 Å². The number of hydrogen-bond donors (Lipinski definition) is 2. The minimum Gasteiger partial charge on any atom is -0.476 e. The summed E-state index contributed by atoms with van der Waals surface area (Å²) in [6, 6.07) is 0. The fourth-order valence-corrected chi connectivity index (χ4v) is 2.18. The molecule has 1 aromatic rings. The normalized spacial score (nSPS) is 15.5. The van der Waals surface area contributed by atoms with Gasteiger partial charge in [-0.2, -0.15) is 0 Å². The second-order valence-electron chi connectivity index (χ2n) is 3.42. The number of thiazole rings is 1. The fourth-order valence-electron chi connectivity index (χ4n) is 1.42. The number of carboxylic acid groups (broad SMARTS) is 1. The van der Waals surface area contributed by atoms with Crippen LogP contribution in [-0.2, 0) is 4.79 Å². The van der Waals surface area contributed by atoms with Gasteiger partial charge in [0.1, 0.15) is 0 Å². The van der Waals surface area contributed by atoms with Crippen LogP contribution in [0.25, 0.3) is 0 Å². The molecule has 17 heavy (non-hydrogen) atoms. The Morgan fingerprint density at radius 1 is 1.53 bits per heavy atom. The summed E-state index contributed by atoms with van der Waals surface area (Å²) >= 11 is 0.966. The molecule has 7 nitrogen and oxygen atoms in total. The number of carbonyl (C=O) groups is 3. The average Bonchev–Trinajstić information content (AvgIpc) is 2.77. The molecule has 0 atom stereocenters. The Morgan fingerprint density at radius 3 is 2.88 bits per heavy atom. The van der Waals surface area contributed by atoms with Crippen molar-refractivity contribution in [1.29, 1.82) is 0 Å². The van der Waals surface area contributed by atoms with E-state index in [1.54, 1.807) is 0 Å². The van der Waals surface area contributed by atoms with E-state index in [0.29, 0.717) is 13.1 Å². The average molecular weight is 255 g/mol. The van der Waals surface area contributed by atoms with E-state index in [2.05, 4.69) is 10.3 Å². The molecule has 1 saturated heterocycles. The molecule has 0 unspecified atom stereocenters. The lowest BCUT2D eigenvalue weighted by Gasteiger charge is -2.25. The molecule has 1 aliphatic rings. The molecule has 0 saturated carbocycles. The molecule has 0 bridgehead atoms. The van der Waals surface area contributed by atoms with E-state index in [9.17, 15) is 14.4 Å². The van der Waals surface area contributed by atoms with Crippen molar-refractivity contribution < 1.29 is 19.5 Å². The monoisotopic (exact) mass is 255 g/mol. The summed E-state index contributed by atoms with van der Waals surface area (Å²) in [5, 5.41) is 12.7. The molecule has 2 N–H and O–H groups in total. The summed E-state index contributed by atoms with van der Waals surface area (Å²) in [6.45, 7) is 0.801. The first kappa shape index (κ1) is 11.5.